The minimum Gasteiger partial charge on any atom is -0.478 e. The summed E-state index contributed by atoms with van der Waals surface area (Å²) in [6, 6.07) is 1.46. The van der Waals surface area contributed by atoms with E-state index in [2.05, 4.69) is 6.92 Å². The summed E-state index contributed by atoms with van der Waals surface area (Å²) in [4.78, 5) is 10.9. The van der Waals surface area contributed by atoms with E-state index >= 15 is 0 Å². The highest BCUT2D eigenvalue weighted by Crippen LogP contribution is 2.28. The highest BCUT2D eigenvalue weighted by Gasteiger charge is 2.19. The number of aromatic carboxylic acids is 1. The molecule has 0 amide bonds. The Morgan fingerprint density at radius 2 is 2.39 bits per heavy atom. The van der Waals surface area contributed by atoms with Gasteiger partial charge in [-0.15, -0.1) is 0 Å². The van der Waals surface area contributed by atoms with E-state index in [1.807, 2.05) is 0 Å². The van der Waals surface area contributed by atoms with Crippen LogP contribution in [0.2, 0.25) is 0 Å². The van der Waals surface area contributed by atoms with Gasteiger partial charge in [-0.2, -0.15) is 0 Å². The van der Waals surface area contributed by atoms with Gasteiger partial charge in [0.2, 0.25) is 0 Å². The van der Waals surface area contributed by atoms with E-state index < -0.39 is 5.97 Å². The number of furan rings is 1. The second-order valence-corrected chi connectivity index (χ2v) is 5.22. The molecule has 1 aliphatic rings. The monoisotopic (exact) mass is 252 g/mol. The summed E-state index contributed by atoms with van der Waals surface area (Å²) in [6.07, 6.45) is 6.41. The molecule has 2 unspecified atom stereocenters. The SMILES string of the molecule is CC1CCCC(COCc2occc2C(=O)O)C1. The van der Waals surface area contributed by atoms with Gasteiger partial charge in [-0.25, -0.2) is 4.79 Å². The van der Waals surface area contributed by atoms with Crippen LogP contribution in [0, 0.1) is 11.8 Å². The molecule has 100 valence electrons. The van der Waals surface area contributed by atoms with Crippen LogP contribution in [0.4, 0.5) is 0 Å². The molecule has 18 heavy (non-hydrogen) atoms. The Kier molecular flexibility index (Phi) is 4.42. The first-order valence-corrected chi connectivity index (χ1v) is 6.54. The number of rotatable bonds is 5. The Labute approximate surface area is 107 Å². The maximum absolute atomic E-state index is 10.9. The molecule has 1 aliphatic carbocycles. The molecule has 1 aromatic rings. The highest BCUT2D eigenvalue weighted by molar-refractivity contribution is 5.88. The summed E-state index contributed by atoms with van der Waals surface area (Å²) in [5.74, 6) is 0.836. The molecule has 0 spiro atoms. The van der Waals surface area contributed by atoms with Gasteiger partial charge < -0.3 is 14.3 Å². The van der Waals surface area contributed by atoms with E-state index in [4.69, 9.17) is 14.3 Å². The third-order valence-corrected chi connectivity index (χ3v) is 3.61. The Bertz CT molecular complexity index is 396. The molecule has 1 saturated carbocycles. The van der Waals surface area contributed by atoms with Gasteiger partial charge in [-0.05, 0) is 30.7 Å². The van der Waals surface area contributed by atoms with Crippen molar-refractivity contribution in [3.63, 3.8) is 0 Å². The molecule has 2 rings (SSSR count). The highest BCUT2D eigenvalue weighted by atomic mass is 16.5. The van der Waals surface area contributed by atoms with Gasteiger partial charge in [-0.1, -0.05) is 19.8 Å². The largest absolute Gasteiger partial charge is 0.478 e. The van der Waals surface area contributed by atoms with Crippen molar-refractivity contribution in [1.82, 2.24) is 0 Å². The molecule has 1 N–H and O–H groups in total. The minimum atomic E-state index is -0.964. The third kappa shape index (κ3) is 3.35. The van der Waals surface area contributed by atoms with Gasteiger partial charge in [0.25, 0.3) is 0 Å². The number of hydrogen-bond acceptors (Lipinski definition) is 3. The fourth-order valence-corrected chi connectivity index (χ4v) is 2.67. The number of ether oxygens (including phenoxy) is 1. The first-order valence-electron chi connectivity index (χ1n) is 6.54. The van der Waals surface area contributed by atoms with Crippen LogP contribution < -0.4 is 0 Å². The molecule has 0 aliphatic heterocycles. The van der Waals surface area contributed by atoms with Gasteiger partial charge in [0.05, 0.1) is 12.9 Å². The van der Waals surface area contributed by atoms with Crippen molar-refractivity contribution in [2.75, 3.05) is 6.61 Å². The molecule has 0 bridgehead atoms. The van der Waals surface area contributed by atoms with E-state index in [9.17, 15) is 4.79 Å². The van der Waals surface area contributed by atoms with Gasteiger partial charge in [0.1, 0.15) is 17.9 Å². The lowest BCUT2D eigenvalue weighted by atomic mass is 9.83. The molecule has 1 aromatic heterocycles. The average Bonchev–Trinajstić information content (AvgIpc) is 2.77. The topological polar surface area (TPSA) is 59.7 Å². The quantitative estimate of drug-likeness (QED) is 0.873. The van der Waals surface area contributed by atoms with Crippen molar-refractivity contribution >= 4 is 5.97 Å². The Morgan fingerprint density at radius 1 is 1.56 bits per heavy atom. The molecule has 0 saturated heterocycles. The maximum atomic E-state index is 10.9. The van der Waals surface area contributed by atoms with Crippen molar-refractivity contribution in [2.45, 2.75) is 39.2 Å². The zero-order valence-electron chi connectivity index (χ0n) is 10.7. The van der Waals surface area contributed by atoms with Crippen molar-refractivity contribution in [1.29, 1.82) is 0 Å². The second-order valence-electron chi connectivity index (χ2n) is 5.22. The van der Waals surface area contributed by atoms with Crippen LogP contribution >= 0.6 is 0 Å². The minimum absolute atomic E-state index is 0.201. The summed E-state index contributed by atoms with van der Waals surface area (Å²) in [6.45, 7) is 3.23. The van der Waals surface area contributed by atoms with Crippen LogP contribution in [0.3, 0.4) is 0 Å². The van der Waals surface area contributed by atoms with Crippen molar-refractivity contribution in [3.05, 3.63) is 23.7 Å². The molecule has 4 nitrogen and oxygen atoms in total. The van der Waals surface area contributed by atoms with Crippen LogP contribution in [0.25, 0.3) is 0 Å². The fourth-order valence-electron chi connectivity index (χ4n) is 2.67. The van der Waals surface area contributed by atoms with Crippen LogP contribution in [-0.2, 0) is 11.3 Å². The van der Waals surface area contributed by atoms with Gasteiger partial charge in [0.15, 0.2) is 0 Å². The predicted molar refractivity (Wildman–Crippen MR) is 66.4 cm³/mol. The first-order chi connectivity index (χ1) is 8.66. The van der Waals surface area contributed by atoms with Crippen molar-refractivity contribution in [3.8, 4) is 0 Å². The maximum Gasteiger partial charge on any atom is 0.339 e. The third-order valence-electron chi connectivity index (χ3n) is 3.61. The molecule has 2 atom stereocenters. The number of carboxylic acids is 1. The molecular weight excluding hydrogens is 232 g/mol. The summed E-state index contributed by atoms with van der Waals surface area (Å²) >= 11 is 0. The lowest BCUT2D eigenvalue weighted by Crippen LogP contribution is -2.18. The van der Waals surface area contributed by atoms with Gasteiger partial charge in [0, 0.05) is 0 Å². The number of carbonyl (C=O) groups is 1. The van der Waals surface area contributed by atoms with E-state index in [1.54, 1.807) is 0 Å². The van der Waals surface area contributed by atoms with Crippen molar-refractivity contribution in [2.24, 2.45) is 11.8 Å². The average molecular weight is 252 g/mol. The number of hydrogen-bond donors (Lipinski definition) is 1. The first kappa shape index (κ1) is 13.1. The fraction of sp³-hybridized carbons (Fsp3) is 0.643. The van der Waals surface area contributed by atoms with E-state index in [0.29, 0.717) is 18.3 Å². The van der Waals surface area contributed by atoms with Crippen molar-refractivity contribution < 1.29 is 19.1 Å². The summed E-state index contributed by atoms with van der Waals surface area (Å²) in [5.41, 5.74) is 0.201. The molecular formula is C14H20O4. The Morgan fingerprint density at radius 3 is 3.11 bits per heavy atom. The van der Waals surface area contributed by atoms with Gasteiger partial charge >= 0.3 is 5.97 Å². The Hall–Kier alpha value is -1.29. The summed E-state index contributed by atoms with van der Waals surface area (Å²) in [5, 5.41) is 8.92. The molecule has 1 fully saturated rings. The Balaban J connectivity index is 1.78. The molecule has 0 aromatic carbocycles. The predicted octanol–water partition coefficient (Wildman–Crippen LogP) is 3.32. The zero-order chi connectivity index (χ0) is 13.0. The lowest BCUT2D eigenvalue weighted by molar-refractivity contribution is 0.0536. The standard InChI is InChI=1S/C14H20O4/c1-10-3-2-4-11(7-10)8-17-9-13-12(14(15)16)5-6-18-13/h5-6,10-11H,2-4,7-9H2,1H3,(H,15,16). The van der Waals surface area contributed by atoms with E-state index in [0.717, 1.165) is 5.92 Å². The van der Waals surface area contributed by atoms with Gasteiger partial charge in [-0.3, -0.25) is 0 Å². The smallest absolute Gasteiger partial charge is 0.339 e. The normalized spacial score (nSPS) is 24.1. The van der Waals surface area contributed by atoms with Crippen LogP contribution in [-0.4, -0.2) is 17.7 Å². The summed E-state index contributed by atoms with van der Waals surface area (Å²) < 4.78 is 10.7. The van der Waals surface area contributed by atoms with Crippen LogP contribution in [0.1, 0.15) is 48.7 Å². The van der Waals surface area contributed by atoms with E-state index in [-0.39, 0.29) is 12.2 Å². The zero-order valence-corrected chi connectivity index (χ0v) is 10.7. The molecule has 0 radical (unpaired) electrons. The molecule has 1 heterocycles. The molecule has 4 heteroatoms. The lowest BCUT2D eigenvalue weighted by Gasteiger charge is -2.26. The van der Waals surface area contributed by atoms with Crippen LogP contribution in [0.15, 0.2) is 16.7 Å². The second kappa shape index (κ2) is 6.05. The summed E-state index contributed by atoms with van der Waals surface area (Å²) in [7, 11) is 0. The number of carboxylic acid groups (broad SMARTS) is 1. The van der Waals surface area contributed by atoms with Crippen LogP contribution in [0.5, 0.6) is 0 Å². The van der Waals surface area contributed by atoms with E-state index in [1.165, 1.54) is 38.0 Å².